The third-order valence-corrected chi connectivity index (χ3v) is 3.59. The van der Waals surface area contributed by atoms with Crippen LogP contribution >= 0.6 is 0 Å². The van der Waals surface area contributed by atoms with Gasteiger partial charge in [-0.2, -0.15) is 0 Å². The molecule has 1 fully saturated rings. The second kappa shape index (κ2) is 6.50. The van der Waals surface area contributed by atoms with Gasteiger partial charge in [-0.3, -0.25) is 4.90 Å². The minimum atomic E-state index is -1.67. The monoisotopic (exact) mass is 258 g/mol. The predicted molar refractivity (Wildman–Crippen MR) is 70.6 cm³/mol. The van der Waals surface area contributed by atoms with Crippen LogP contribution in [0.25, 0.3) is 0 Å². The standard InChI is InChI=1S/C13H26N2O3/c1-10(2)15(9-13(3,18)12(16)17)8-11-5-4-6-14-7-11/h10-11,14,18H,4-9H2,1-3H3,(H,16,17). The lowest BCUT2D eigenvalue weighted by Gasteiger charge is -2.35. The molecule has 0 amide bonds. The average Bonchev–Trinajstić information content (AvgIpc) is 2.29. The van der Waals surface area contributed by atoms with Gasteiger partial charge < -0.3 is 15.5 Å². The Kier molecular flexibility index (Phi) is 5.56. The zero-order valence-corrected chi connectivity index (χ0v) is 11.6. The van der Waals surface area contributed by atoms with Crippen molar-refractivity contribution in [1.29, 1.82) is 0 Å². The predicted octanol–water partition coefficient (Wildman–Crippen LogP) is 0.532. The van der Waals surface area contributed by atoms with E-state index in [1.165, 1.54) is 19.8 Å². The number of carboxylic acid groups (broad SMARTS) is 1. The van der Waals surface area contributed by atoms with Crippen LogP contribution in [0.1, 0.15) is 33.6 Å². The van der Waals surface area contributed by atoms with Crippen molar-refractivity contribution in [2.24, 2.45) is 5.92 Å². The molecule has 2 atom stereocenters. The Balaban J connectivity index is 2.56. The third-order valence-electron chi connectivity index (χ3n) is 3.59. The quantitative estimate of drug-likeness (QED) is 0.648. The Hall–Kier alpha value is -0.650. The van der Waals surface area contributed by atoms with Crippen LogP contribution in [0.4, 0.5) is 0 Å². The van der Waals surface area contributed by atoms with E-state index in [2.05, 4.69) is 10.2 Å². The average molecular weight is 258 g/mol. The smallest absolute Gasteiger partial charge is 0.336 e. The molecule has 1 rings (SSSR count). The lowest BCUT2D eigenvalue weighted by atomic mass is 9.97. The van der Waals surface area contributed by atoms with Gasteiger partial charge in [0.25, 0.3) is 0 Å². The van der Waals surface area contributed by atoms with E-state index in [1.54, 1.807) is 0 Å². The summed E-state index contributed by atoms with van der Waals surface area (Å²) in [6.07, 6.45) is 2.34. The normalized spacial score (nSPS) is 24.2. The number of aliphatic hydroxyl groups is 1. The fourth-order valence-electron chi connectivity index (χ4n) is 2.33. The van der Waals surface area contributed by atoms with E-state index >= 15 is 0 Å². The first-order chi connectivity index (χ1) is 8.33. The van der Waals surface area contributed by atoms with Gasteiger partial charge in [0.05, 0.1) is 0 Å². The van der Waals surface area contributed by atoms with Crippen molar-refractivity contribution in [2.75, 3.05) is 26.2 Å². The summed E-state index contributed by atoms with van der Waals surface area (Å²) in [5.74, 6) is -0.610. The SMILES string of the molecule is CC(C)N(CC1CCCNC1)CC(C)(O)C(=O)O. The van der Waals surface area contributed by atoms with Crippen molar-refractivity contribution in [3.05, 3.63) is 0 Å². The molecule has 0 bridgehead atoms. The van der Waals surface area contributed by atoms with Gasteiger partial charge in [0.1, 0.15) is 0 Å². The molecular formula is C13H26N2O3. The number of rotatable bonds is 6. The van der Waals surface area contributed by atoms with E-state index < -0.39 is 11.6 Å². The Bertz CT molecular complexity index is 273. The Morgan fingerprint density at radius 3 is 2.67 bits per heavy atom. The summed E-state index contributed by atoms with van der Waals surface area (Å²) in [5, 5.41) is 22.2. The summed E-state index contributed by atoms with van der Waals surface area (Å²) < 4.78 is 0. The minimum Gasteiger partial charge on any atom is -0.479 e. The van der Waals surface area contributed by atoms with E-state index in [4.69, 9.17) is 5.11 Å². The zero-order valence-electron chi connectivity index (χ0n) is 11.6. The van der Waals surface area contributed by atoms with Crippen LogP contribution < -0.4 is 5.32 Å². The fraction of sp³-hybridized carbons (Fsp3) is 0.923. The molecule has 0 aromatic rings. The van der Waals surface area contributed by atoms with Crippen molar-refractivity contribution in [3.8, 4) is 0 Å². The van der Waals surface area contributed by atoms with Gasteiger partial charge in [-0.25, -0.2) is 4.79 Å². The number of hydrogen-bond donors (Lipinski definition) is 3. The summed E-state index contributed by atoms with van der Waals surface area (Å²) in [5.41, 5.74) is -1.67. The van der Waals surface area contributed by atoms with E-state index in [0.29, 0.717) is 5.92 Å². The number of nitrogens with zero attached hydrogens (tertiary/aromatic N) is 1. The third kappa shape index (κ3) is 4.55. The van der Waals surface area contributed by atoms with E-state index in [1.807, 2.05) is 13.8 Å². The van der Waals surface area contributed by atoms with Crippen molar-refractivity contribution >= 4 is 5.97 Å². The van der Waals surface area contributed by atoms with Gasteiger partial charge in [0, 0.05) is 19.1 Å². The van der Waals surface area contributed by atoms with Crippen LogP contribution in [0.15, 0.2) is 0 Å². The van der Waals surface area contributed by atoms with Crippen molar-refractivity contribution in [2.45, 2.75) is 45.3 Å². The molecule has 1 aliphatic rings. The van der Waals surface area contributed by atoms with Crippen LogP contribution in [0.3, 0.4) is 0 Å². The molecule has 5 heteroatoms. The van der Waals surface area contributed by atoms with E-state index in [0.717, 1.165) is 19.6 Å². The minimum absolute atomic E-state index is 0.177. The highest BCUT2D eigenvalue weighted by atomic mass is 16.4. The highest BCUT2D eigenvalue weighted by Crippen LogP contribution is 2.16. The number of piperidine rings is 1. The molecule has 1 saturated heterocycles. The van der Waals surface area contributed by atoms with Gasteiger partial charge >= 0.3 is 5.97 Å². The van der Waals surface area contributed by atoms with Crippen molar-refractivity contribution < 1.29 is 15.0 Å². The van der Waals surface area contributed by atoms with E-state index in [-0.39, 0.29) is 12.6 Å². The van der Waals surface area contributed by atoms with Gasteiger partial charge in [0.15, 0.2) is 5.60 Å². The maximum absolute atomic E-state index is 11.0. The zero-order chi connectivity index (χ0) is 13.8. The molecule has 18 heavy (non-hydrogen) atoms. The number of carbonyl (C=O) groups is 1. The Morgan fingerprint density at radius 1 is 1.56 bits per heavy atom. The highest BCUT2D eigenvalue weighted by molar-refractivity contribution is 5.76. The highest BCUT2D eigenvalue weighted by Gasteiger charge is 2.33. The molecule has 0 aliphatic carbocycles. The second-order valence-electron chi connectivity index (χ2n) is 5.81. The number of aliphatic carboxylic acids is 1. The molecule has 2 unspecified atom stereocenters. The van der Waals surface area contributed by atoms with Gasteiger partial charge in [-0.05, 0) is 52.6 Å². The first-order valence-corrected chi connectivity index (χ1v) is 6.73. The molecule has 0 aromatic carbocycles. The molecule has 3 N–H and O–H groups in total. The summed E-state index contributed by atoms with van der Waals surface area (Å²) in [6, 6.07) is 0.234. The lowest BCUT2D eigenvalue weighted by molar-refractivity contribution is -0.159. The van der Waals surface area contributed by atoms with Crippen molar-refractivity contribution in [1.82, 2.24) is 10.2 Å². The maximum atomic E-state index is 11.0. The molecule has 1 heterocycles. The second-order valence-corrected chi connectivity index (χ2v) is 5.81. The van der Waals surface area contributed by atoms with Crippen LogP contribution in [0.2, 0.25) is 0 Å². The Morgan fingerprint density at radius 2 is 2.22 bits per heavy atom. The number of nitrogens with one attached hydrogen (secondary N) is 1. The van der Waals surface area contributed by atoms with Crippen LogP contribution in [-0.2, 0) is 4.79 Å². The number of hydrogen-bond acceptors (Lipinski definition) is 4. The maximum Gasteiger partial charge on any atom is 0.336 e. The topological polar surface area (TPSA) is 72.8 Å². The summed E-state index contributed by atoms with van der Waals surface area (Å²) in [6.45, 7) is 8.51. The van der Waals surface area contributed by atoms with Crippen LogP contribution in [-0.4, -0.2) is 58.9 Å². The first kappa shape index (κ1) is 15.4. The van der Waals surface area contributed by atoms with Gasteiger partial charge in [-0.1, -0.05) is 0 Å². The Labute approximate surface area is 109 Å². The number of carboxylic acids is 1. The van der Waals surface area contributed by atoms with Crippen LogP contribution in [0, 0.1) is 5.92 Å². The summed E-state index contributed by atoms with van der Waals surface area (Å²) in [7, 11) is 0. The van der Waals surface area contributed by atoms with Crippen LogP contribution in [0.5, 0.6) is 0 Å². The molecule has 5 nitrogen and oxygen atoms in total. The lowest BCUT2D eigenvalue weighted by Crippen LogP contribution is -2.51. The molecular weight excluding hydrogens is 232 g/mol. The molecule has 0 spiro atoms. The summed E-state index contributed by atoms with van der Waals surface area (Å²) >= 11 is 0. The van der Waals surface area contributed by atoms with Gasteiger partial charge in [-0.15, -0.1) is 0 Å². The van der Waals surface area contributed by atoms with E-state index in [9.17, 15) is 9.90 Å². The largest absolute Gasteiger partial charge is 0.479 e. The molecule has 0 aromatic heterocycles. The van der Waals surface area contributed by atoms with Crippen molar-refractivity contribution in [3.63, 3.8) is 0 Å². The van der Waals surface area contributed by atoms with Gasteiger partial charge in [0.2, 0.25) is 0 Å². The molecule has 0 radical (unpaired) electrons. The molecule has 0 saturated carbocycles. The molecule has 1 aliphatic heterocycles. The summed E-state index contributed by atoms with van der Waals surface area (Å²) in [4.78, 5) is 13.0. The first-order valence-electron chi connectivity index (χ1n) is 6.73. The molecule has 106 valence electrons. The fourth-order valence-corrected chi connectivity index (χ4v) is 2.33.